The Bertz CT molecular complexity index is 966. The summed E-state index contributed by atoms with van der Waals surface area (Å²) in [6.45, 7) is 0. The van der Waals surface area contributed by atoms with Crippen LogP contribution in [0.1, 0.15) is 5.89 Å². The fraction of sp³-hybridized carbons (Fsp3) is 0.125. The van der Waals surface area contributed by atoms with E-state index in [1.807, 2.05) is 41.8 Å². The minimum atomic E-state index is 0.551. The zero-order chi connectivity index (χ0) is 17.8. The largest absolute Gasteiger partial charge is 0.497 e. The van der Waals surface area contributed by atoms with Crippen molar-refractivity contribution in [1.29, 1.82) is 0 Å². The summed E-state index contributed by atoms with van der Waals surface area (Å²) in [5.41, 5.74) is 0.927. The fourth-order valence-corrected chi connectivity index (χ4v) is 4.32. The Hall–Kier alpha value is -2.43. The lowest BCUT2D eigenvalue weighted by Crippen LogP contribution is -1.89. The molecule has 0 unspecified atom stereocenters. The van der Waals surface area contributed by atoms with Crippen molar-refractivity contribution < 1.29 is 9.26 Å². The van der Waals surface area contributed by atoms with Crippen molar-refractivity contribution >= 4 is 45.3 Å². The van der Waals surface area contributed by atoms with E-state index in [0.29, 0.717) is 17.5 Å². The molecule has 0 fully saturated rings. The molecular weight excluding hydrogens is 390 g/mol. The predicted octanol–water partition coefficient (Wildman–Crippen LogP) is 4.69. The number of thioether (sulfide) groups is 1. The number of hydrogen-bond donors (Lipinski definition) is 1. The van der Waals surface area contributed by atoms with E-state index in [2.05, 4.69) is 25.7 Å². The van der Waals surface area contributed by atoms with Gasteiger partial charge >= 0.3 is 0 Å². The topological polar surface area (TPSA) is 86.0 Å². The quantitative estimate of drug-likeness (QED) is 0.445. The SMILES string of the molecule is COc1ccc(Nc2nnc(SCc3nc(-c4cccs4)no3)s2)cc1. The first kappa shape index (κ1) is 17.0. The molecule has 0 saturated heterocycles. The molecule has 0 bridgehead atoms. The van der Waals surface area contributed by atoms with Gasteiger partial charge in [-0.05, 0) is 35.7 Å². The van der Waals surface area contributed by atoms with Crippen LogP contribution in [0, 0.1) is 0 Å². The third-order valence-electron chi connectivity index (χ3n) is 3.28. The van der Waals surface area contributed by atoms with Gasteiger partial charge in [0.2, 0.25) is 16.8 Å². The minimum Gasteiger partial charge on any atom is -0.497 e. The Kier molecular flexibility index (Phi) is 5.14. The summed E-state index contributed by atoms with van der Waals surface area (Å²) in [6.07, 6.45) is 0. The number of anilines is 2. The smallest absolute Gasteiger partial charge is 0.237 e. The number of thiophene rings is 1. The summed E-state index contributed by atoms with van der Waals surface area (Å²) < 4.78 is 11.3. The lowest BCUT2D eigenvalue weighted by Gasteiger charge is -2.03. The van der Waals surface area contributed by atoms with Crippen molar-refractivity contribution in [3.05, 3.63) is 47.7 Å². The Labute approximate surface area is 161 Å². The van der Waals surface area contributed by atoms with Crippen LogP contribution in [0.2, 0.25) is 0 Å². The molecule has 4 aromatic rings. The van der Waals surface area contributed by atoms with Crippen molar-refractivity contribution in [1.82, 2.24) is 20.3 Å². The van der Waals surface area contributed by atoms with Gasteiger partial charge in [0.25, 0.3) is 0 Å². The van der Waals surface area contributed by atoms with E-state index in [1.165, 1.54) is 23.1 Å². The van der Waals surface area contributed by atoms with Crippen molar-refractivity contribution in [2.75, 3.05) is 12.4 Å². The Morgan fingerprint density at radius 3 is 2.85 bits per heavy atom. The summed E-state index contributed by atoms with van der Waals surface area (Å²) in [7, 11) is 1.64. The number of hydrogen-bond acceptors (Lipinski definition) is 10. The van der Waals surface area contributed by atoms with Crippen LogP contribution in [0.3, 0.4) is 0 Å². The lowest BCUT2D eigenvalue weighted by atomic mass is 10.3. The van der Waals surface area contributed by atoms with Gasteiger partial charge in [-0.25, -0.2) is 0 Å². The molecule has 0 atom stereocenters. The summed E-state index contributed by atoms with van der Waals surface area (Å²) in [5.74, 6) is 2.55. The Balaban J connectivity index is 1.34. The molecule has 0 amide bonds. The van der Waals surface area contributed by atoms with E-state index >= 15 is 0 Å². The molecule has 1 N–H and O–H groups in total. The van der Waals surface area contributed by atoms with Gasteiger partial charge in [-0.3, -0.25) is 0 Å². The van der Waals surface area contributed by atoms with Crippen LogP contribution in [-0.2, 0) is 5.75 Å². The number of ether oxygens (including phenoxy) is 1. The maximum Gasteiger partial charge on any atom is 0.237 e. The van der Waals surface area contributed by atoms with Crippen LogP contribution in [0.15, 0.2) is 50.6 Å². The molecule has 10 heteroatoms. The van der Waals surface area contributed by atoms with Crippen LogP contribution in [0.5, 0.6) is 5.75 Å². The van der Waals surface area contributed by atoms with E-state index in [0.717, 1.165) is 25.8 Å². The van der Waals surface area contributed by atoms with Gasteiger partial charge < -0.3 is 14.6 Å². The molecule has 0 aliphatic heterocycles. The Morgan fingerprint density at radius 2 is 2.08 bits per heavy atom. The van der Waals surface area contributed by atoms with Crippen LogP contribution in [0.25, 0.3) is 10.7 Å². The van der Waals surface area contributed by atoms with Crippen LogP contribution >= 0.6 is 34.4 Å². The number of aromatic nitrogens is 4. The van der Waals surface area contributed by atoms with Gasteiger partial charge in [-0.2, -0.15) is 4.98 Å². The zero-order valence-electron chi connectivity index (χ0n) is 13.6. The molecule has 4 rings (SSSR count). The molecule has 0 radical (unpaired) electrons. The second-order valence-corrected chi connectivity index (χ2v) is 8.15. The predicted molar refractivity (Wildman–Crippen MR) is 103 cm³/mol. The highest BCUT2D eigenvalue weighted by atomic mass is 32.2. The monoisotopic (exact) mass is 403 g/mol. The van der Waals surface area contributed by atoms with E-state index in [4.69, 9.17) is 9.26 Å². The molecule has 26 heavy (non-hydrogen) atoms. The third-order valence-corrected chi connectivity index (χ3v) is 6.10. The molecule has 0 aliphatic carbocycles. The minimum absolute atomic E-state index is 0.551. The molecule has 3 heterocycles. The van der Waals surface area contributed by atoms with Crippen molar-refractivity contribution in [2.24, 2.45) is 0 Å². The van der Waals surface area contributed by atoms with E-state index < -0.39 is 0 Å². The fourth-order valence-electron chi connectivity index (χ4n) is 2.06. The second kappa shape index (κ2) is 7.85. The molecule has 0 saturated carbocycles. The number of benzene rings is 1. The number of nitrogens with zero attached hydrogens (tertiary/aromatic N) is 4. The number of methoxy groups -OCH3 is 1. The normalized spacial score (nSPS) is 10.8. The molecule has 0 spiro atoms. The van der Waals surface area contributed by atoms with Gasteiger partial charge in [0.15, 0.2) is 4.34 Å². The molecule has 7 nitrogen and oxygen atoms in total. The van der Waals surface area contributed by atoms with Crippen molar-refractivity contribution in [3.63, 3.8) is 0 Å². The molecular formula is C16H13N5O2S3. The second-order valence-electron chi connectivity index (χ2n) is 5.00. The molecule has 3 aromatic heterocycles. The van der Waals surface area contributed by atoms with Gasteiger partial charge in [0, 0.05) is 5.69 Å². The first-order valence-corrected chi connectivity index (χ1v) is 10.2. The summed E-state index contributed by atoms with van der Waals surface area (Å²) in [5, 5.41) is 18.3. The number of nitrogens with one attached hydrogen (secondary N) is 1. The van der Waals surface area contributed by atoms with Crippen LogP contribution in [-0.4, -0.2) is 27.4 Å². The van der Waals surface area contributed by atoms with Gasteiger partial charge in [0.05, 0.1) is 17.7 Å². The molecule has 0 aliphatic rings. The van der Waals surface area contributed by atoms with Crippen molar-refractivity contribution in [3.8, 4) is 16.5 Å². The van der Waals surface area contributed by atoms with Gasteiger partial charge in [0.1, 0.15) is 5.75 Å². The zero-order valence-corrected chi connectivity index (χ0v) is 16.0. The van der Waals surface area contributed by atoms with Gasteiger partial charge in [-0.1, -0.05) is 34.3 Å². The maximum absolute atomic E-state index is 5.29. The highest BCUT2D eigenvalue weighted by Gasteiger charge is 2.12. The summed E-state index contributed by atoms with van der Waals surface area (Å²) >= 11 is 4.57. The van der Waals surface area contributed by atoms with E-state index in [-0.39, 0.29) is 0 Å². The average molecular weight is 404 g/mol. The highest BCUT2D eigenvalue weighted by Crippen LogP contribution is 2.30. The standard InChI is InChI=1S/C16H13N5O2S3/c1-22-11-6-4-10(5-7-11)17-15-19-20-16(26-15)25-9-13-18-14(21-23-13)12-3-2-8-24-12/h2-8H,9H2,1H3,(H,17,19). The summed E-state index contributed by atoms with van der Waals surface area (Å²) in [4.78, 5) is 5.39. The lowest BCUT2D eigenvalue weighted by molar-refractivity contribution is 0.392. The molecule has 132 valence electrons. The highest BCUT2D eigenvalue weighted by molar-refractivity contribution is 8.00. The maximum atomic E-state index is 5.29. The van der Waals surface area contributed by atoms with E-state index in [9.17, 15) is 0 Å². The number of rotatable bonds is 7. The van der Waals surface area contributed by atoms with E-state index in [1.54, 1.807) is 18.4 Å². The summed E-state index contributed by atoms with van der Waals surface area (Å²) in [6, 6.07) is 11.6. The Morgan fingerprint density at radius 1 is 1.19 bits per heavy atom. The third kappa shape index (κ3) is 4.03. The first-order chi connectivity index (χ1) is 12.8. The van der Waals surface area contributed by atoms with Crippen molar-refractivity contribution in [2.45, 2.75) is 10.1 Å². The van der Waals surface area contributed by atoms with Crippen LogP contribution in [0.4, 0.5) is 10.8 Å². The average Bonchev–Trinajstić information content (AvgIpc) is 3.42. The first-order valence-electron chi connectivity index (χ1n) is 7.54. The molecule has 1 aromatic carbocycles. The van der Waals surface area contributed by atoms with Crippen LogP contribution < -0.4 is 10.1 Å². The van der Waals surface area contributed by atoms with Gasteiger partial charge in [-0.15, -0.1) is 21.5 Å².